The highest BCUT2D eigenvalue weighted by Crippen LogP contribution is 2.28. The van der Waals surface area contributed by atoms with Crippen LogP contribution in [-0.2, 0) is 9.05 Å². The van der Waals surface area contributed by atoms with E-state index in [1.54, 1.807) is 0 Å². The molecule has 0 radical (unpaired) electrons. The minimum Gasteiger partial charge on any atom is -0.333 e. The summed E-state index contributed by atoms with van der Waals surface area (Å²) in [5, 5.41) is 0. The van der Waals surface area contributed by atoms with Gasteiger partial charge in [-0.25, -0.2) is 0 Å². The topological polar surface area (TPSA) is 18.5 Å². The molecule has 2 unspecified atom stereocenters. The molecule has 1 aliphatic heterocycles. The van der Waals surface area contributed by atoms with Crippen LogP contribution in [0, 0.1) is 12.8 Å². The number of rotatable bonds is 1. The zero-order valence-corrected chi connectivity index (χ0v) is 7.83. The maximum absolute atomic E-state index is 5.24. The Morgan fingerprint density at radius 2 is 2.27 bits per heavy atom. The molecule has 1 saturated heterocycles. The third kappa shape index (κ3) is 3.53. The molecule has 1 aliphatic rings. The second-order valence-electron chi connectivity index (χ2n) is 2.03. The molecule has 0 aliphatic carbocycles. The average molecular weight is 172 g/mol. The van der Waals surface area contributed by atoms with Crippen molar-refractivity contribution in [2.45, 2.75) is 20.0 Å². The monoisotopic (exact) mass is 172 g/mol. The van der Waals surface area contributed by atoms with Gasteiger partial charge in [0, 0.05) is 0 Å². The number of hydrogen-bond acceptors (Lipinski definition) is 2. The van der Waals surface area contributed by atoms with Gasteiger partial charge in [-0.05, 0) is 19.4 Å². The molecule has 3 heteroatoms. The summed E-state index contributed by atoms with van der Waals surface area (Å²) in [6.45, 7) is 4.80. The molecule has 0 N–H and O–H groups in total. The van der Waals surface area contributed by atoms with E-state index < -0.39 is 0 Å². The number of terminal acetylenes is 1. The van der Waals surface area contributed by atoms with Crippen LogP contribution in [0.3, 0.4) is 0 Å². The molecule has 0 aromatic carbocycles. The van der Waals surface area contributed by atoms with Crippen molar-refractivity contribution in [3.8, 4) is 12.8 Å². The number of hydrogen-bond donors (Lipinski definition) is 0. The Bertz CT molecular complexity index is 145. The lowest BCUT2D eigenvalue weighted by molar-refractivity contribution is 0.279. The standard InChI is InChI=1S/C6H11O2P.C2H2/c1-3-5(2)6-4-7-9-8-6;1-2/h3,6,9H,4H2,1-2H3;1-2H/b5-3+;. The van der Waals surface area contributed by atoms with Crippen molar-refractivity contribution in [3.05, 3.63) is 11.6 Å². The molecule has 2 atom stereocenters. The van der Waals surface area contributed by atoms with Crippen LogP contribution in [0.25, 0.3) is 0 Å². The van der Waals surface area contributed by atoms with E-state index in [-0.39, 0.29) is 15.1 Å². The minimum absolute atomic E-state index is 0.230. The lowest BCUT2D eigenvalue weighted by Gasteiger charge is -2.04. The predicted molar refractivity (Wildman–Crippen MR) is 48.5 cm³/mol. The van der Waals surface area contributed by atoms with Gasteiger partial charge in [0.05, 0.1) is 6.61 Å². The summed E-state index contributed by atoms with van der Waals surface area (Å²) in [5.74, 6) is 0. The molecule has 1 rings (SSSR count). The van der Waals surface area contributed by atoms with Gasteiger partial charge in [0.1, 0.15) is 6.10 Å². The molecule has 11 heavy (non-hydrogen) atoms. The van der Waals surface area contributed by atoms with E-state index in [1.807, 2.05) is 6.92 Å². The van der Waals surface area contributed by atoms with E-state index in [9.17, 15) is 0 Å². The molecule has 2 nitrogen and oxygen atoms in total. The van der Waals surface area contributed by atoms with Gasteiger partial charge in [0.25, 0.3) is 0 Å². The molecular weight excluding hydrogens is 159 g/mol. The van der Waals surface area contributed by atoms with Crippen LogP contribution in [0.4, 0.5) is 0 Å². The summed E-state index contributed by atoms with van der Waals surface area (Å²) < 4.78 is 10.3. The highest BCUT2D eigenvalue weighted by molar-refractivity contribution is 7.26. The largest absolute Gasteiger partial charge is 0.333 e. The van der Waals surface area contributed by atoms with Crippen molar-refractivity contribution < 1.29 is 9.05 Å². The molecule has 0 bridgehead atoms. The maximum atomic E-state index is 5.24. The van der Waals surface area contributed by atoms with Crippen molar-refractivity contribution in [2.24, 2.45) is 0 Å². The number of allylic oxidation sites excluding steroid dienone is 1. The molecule has 0 amide bonds. The first-order chi connectivity index (χ1) is 5.34. The van der Waals surface area contributed by atoms with Crippen LogP contribution in [0.15, 0.2) is 11.6 Å². The molecular formula is C8H13O2P. The molecule has 0 aromatic rings. The van der Waals surface area contributed by atoms with Gasteiger partial charge < -0.3 is 9.05 Å². The Morgan fingerprint density at radius 1 is 1.64 bits per heavy atom. The Kier molecular flexibility index (Phi) is 6.16. The van der Waals surface area contributed by atoms with Crippen LogP contribution < -0.4 is 0 Å². The van der Waals surface area contributed by atoms with Gasteiger partial charge in [0.15, 0.2) is 9.03 Å². The molecule has 1 fully saturated rings. The minimum atomic E-state index is 0.230. The fourth-order valence-corrected chi connectivity index (χ4v) is 1.30. The molecule has 0 saturated carbocycles. The second-order valence-corrected chi connectivity index (χ2v) is 2.72. The Morgan fingerprint density at radius 3 is 2.64 bits per heavy atom. The van der Waals surface area contributed by atoms with Crippen molar-refractivity contribution in [2.75, 3.05) is 6.61 Å². The molecule has 62 valence electrons. The van der Waals surface area contributed by atoms with Crippen molar-refractivity contribution in [1.29, 1.82) is 0 Å². The SMILES string of the molecule is C#C.C/C=C(\C)C1COPO1. The van der Waals surface area contributed by atoms with Crippen LogP contribution >= 0.6 is 9.03 Å². The first-order valence-corrected chi connectivity index (χ1v) is 4.15. The quantitative estimate of drug-likeness (QED) is 0.342. The first kappa shape index (κ1) is 10.7. The van der Waals surface area contributed by atoms with Crippen LogP contribution in [0.5, 0.6) is 0 Å². The lowest BCUT2D eigenvalue weighted by atomic mass is 10.2. The van der Waals surface area contributed by atoms with Gasteiger partial charge >= 0.3 is 0 Å². The smallest absolute Gasteiger partial charge is 0.155 e. The normalized spacial score (nSPS) is 26.2. The lowest BCUT2D eigenvalue weighted by Crippen LogP contribution is -2.09. The summed E-state index contributed by atoms with van der Waals surface area (Å²) in [6, 6.07) is 0. The average Bonchev–Trinajstić information content (AvgIpc) is 2.59. The van der Waals surface area contributed by atoms with Gasteiger partial charge in [0.2, 0.25) is 0 Å². The van der Waals surface area contributed by atoms with E-state index >= 15 is 0 Å². The van der Waals surface area contributed by atoms with Crippen molar-refractivity contribution in [1.82, 2.24) is 0 Å². The second kappa shape index (κ2) is 6.37. The van der Waals surface area contributed by atoms with Crippen molar-refractivity contribution >= 4 is 9.03 Å². The van der Waals surface area contributed by atoms with Crippen LogP contribution in [0.1, 0.15) is 13.8 Å². The van der Waals surface area contributed by atoms with Gasteiger partial charge in [-0.1, -0.05) is 6.08 Å². The van der Waals surface area contributed by atoms with Crippen LogP contribution in [0.2, 0.25) is 0 Å². The predicted octanol–water partition coefficient (Wildman–Crippen LogP) is 2.13. The van der Waals surface area contributed by atoms with E-state index in [1.165, 1.54) is 5.57 Å². The fourth-order valence-electron chi connectivity index (χ4n) is 0.646. The first-order valence-electron chi connectivity index (χ1n) is 3.33. The Hall–Kier alpha value is -0.350. The summed E-state index contributed by atoms with van der Waals surface area (Å²) in [5.41, 5.74) is 1.26. The summed E-state index contributed by atoms with van der Waals surface area (Å²) >= 11 is 0. The fraction of sp³-hybridized carbons (Fsp3) is 0.500. The zero-order valence-electron chi connectivity index (χ0n) is 6.83. The van der Waals surface area contributed by atoms with E-state index in [0.29, 0.717) is 0 Å². The van der Waals surface area contributed by atoms with Gasteiger partial charge in [-0.3, -0.25) is 0 Å². The highest BCUT2D eigenvalue weighted by atomic mass is 31.1. The third-order valence-corrected chi connectivity index (χ3v) is 2.11. The third-order valence-electron chi connectivity index (χ3n) is 1.45. The van der Waals surface area contributed by atoms with Crippen LogP contribution in [-0.4, -0.2) is 12.7 Å². The van der Waals surface area contributed by atoms with Gasteiger partial charge in [-0.15, -0.1) is 12.8 Å². The van der Waals surface area contributed by atoms with E-state index in [4.69, 9.17) is 9.05 Å². The summed E-state index contributed by atoms with van der Waals surface area (Å²) in [4.78, 5) is 0. The van der Waals surface area contributed by atoms with E-state index in [0.717, 1.165) is 6.61 Å². The zero-order chi connectivity index (χ0) is 8.69. The van der Waals surface area contributed by atoms with Gasteiger partial charge in [-0.2, -0.15) is 0 Å². The molecule has 0 spiro atoms. The molecule has 0 aromatic heterocycles. The molecule has 1 heterocycles. The summed E-state index contributed by atoms with van der Waals surface area (Å²) in [7, 11) is 0.244. The maximum Gasteiger partial charge on any atom is 0.155 e. The Balaban J connectivity index is 0.000000461. The van der Waals surface area contributed by atoms with E-state index in [2.05, 4.69) is 25.8 Å². The summed E-state index contributed by atoms with van der Waals surface area (Å²) in [6.07, 6.45) is 10.3. The van der Waals surface area contributed by atoms with Crippen molar-refractivity contribution in [3.63, 3.8) is 0 Å². The Labute approximate surface area is 69.9 Å². The highest BCUT2D eigenvalue weighted by Gasteiger charge is 2.16.